The van der Waals surface area contributed by atoms with Gasteiger partial charge in [0.15, 0.2) is 0 Å². The number of rotatable bonds is 4. The molecule has 0 aliphatic heterocycles. The average Bonchev–Trinajstić information content (AvgIpc) is 2.80. The van der Waals surface area contributed by atoms with Gasteiger partial charge in [-0.3, -0.25) is 0 Å². The van der Waals surface area contributed by atoms with Crippen molar-refractivity contribution in [2.75, 3.05) is 0 Å². The Balaban J connectivity index is 2.25. The van der Waals surface area contributed by atoms with Gasteiger partial charge in [0.1, 0.15) is 0 Å². The number of hydrogen-bond acceptors (Lipinski definition) is 2. The normalized spacial score (nSPS) is 11.3. The Morgan fingerprint density at radius 3 is 2.53 bits per heavy atom. The first-order valence-corrected chi connectivity index (χ1v) is 7.03. The van der Waals surface area contributed by atoms with Crippen LogP contribution in [-0.4, -0.2) is 15.8 Å². The maximum Gasteiger partial charge on any atom is 0.0847 e. The number of halogens is 3. The van der Waals surface area contributed by atoms with Crippen molar-refractivity contribution in [3.63, 3.8) is 0 Å². The third kappa shape index (κ3) is 3.63. The summed E-state index contributed by atoms with van der Waals surface area (Å²) in [7, 11) is 0. The second-order valence-corrected chi connectivity index (χ2v) is 5.73. The van der Waals surface area contributed by atoms with E-state index in [9.17, 15) is 0 Å². The molecule has 3 nitrogen and oxygen atoms in total. The van der Waals surface area contributed by atoms with Crippen molar-refractivity contribution >= 4 is 34.8 Å². The summed E-state index contributed by atoms with van der Waals surface area (Å²) in [5.74, 6) is 0. The van der Waals surface area contributed by atoms with Gasteiger partial charge in [-0.2, -0.15) is 5.10 Å². The van der Waals surface area contributed by atoms with E-state index in [-0.39, 0.29) is 0 Å². The molecular weight excluding hydrogens is 305 g/mol. The van der Waals surface area contributed by atoms with Gasteiger partial charge in [0.25, 0.3) is 0 Å². The Bertz CT molecular complexity index is 579. The first-order valence-electron chi connectivity index (χ1n) is 5.90. The highest BCUT2D eigenvalue weighted by molar-refractivity contribution is 6.43. The van der Waals surface area contributed by atoms with Crippen LogP contribution in [0, 0.1) is 0 Å². The Labute approximate surface area is 127 Å². The molecule has 1 aromatic heterocycles. The van der Waals surface area contributed by atoms with Crippen molar-refractivity contribution in [3.8, 4) is 5.69 Å². The smallest absolute Gasteiger partial charge is 0.0847 e. The predicted octanol–water partition coefficient (Wildman–Crippen LogP) is 4.33. The molecule has 1 heterocycles. The minimum Gasteiger partial charge on any atom is -0.309 e. The van der Waals surface area contributed by atoms with Gasteiger partial charge in [-0.15, -0.1) is 0 Å². The fourth-order valence-corrected chi connectivity index (χ4v) is 2.21. The van der Waals surface area contributed by atoms with E-state index in [1.165, 1.54) is 0 Å². The molecule has 0 radical (unpaired) electrons. The van der Waals surface area contributed by atoms with Gasteiger partial charge in [-0.25, -0.2) is 4.68 Å². The summed E-state index contributed by atoms with van der Waals surface area (Å²) in [6.07, 6.45) is 1.85. The third-order valence-electron chi connectivity index (χ3n) is 2.57. The van der Waals surface area contributed by atoms with Crippen LogP contribution in [0.15, 0.2) is 24.4 Å². The highest BCUT2D eigenvalue weighted by Crippen LogP contribution is 2.30. The molecule has 2 aromatic rings. The molecule has 0 amide bonds. The van der Waals surface area contributed by atoms with Gasteiger partial charge in [-0.05, 0) is 18.2 Å². The first-order chi connectivity index (χ1) is 8.97. The number of aromatic nitrogens is 2. The summed E-state index contributed by atoms with van der Waals surface area (Å²) in [5.41, 5.74) is 1.66. The van der Waals surface area contributed by atoms with Gasteiger partial charge in [0, 0.05) is 18.8 Å². The lowest BCUT2D eigenvalue weighted by Gasteiger charge is -2.07. The van der Waals surface area contributed by atoms with Crippen LogP contribution in [0.4, 0.5) is 0 Å². The van der Waals surface area contributed by atoms with Crippen LogP contribution in [-0.2, 0) is 6.54 Å². The molecule has 1 aromatic carbocycles. The largest absolute Gasteiger partial charge is 0.309 e. The molecule has 0 bridgehead atoms. The lowest BCUT2D eigenvalue weighted by atomic mass is 10.3. The molecule has 0 unspecified atom stereocenters. The molecule has 1 N–H and O–H groups in total. The highest BCUT2D eigenvalue weighted by Gasteiger charge is 2.09. The Morgan fingerprint density at radius 1 is 1.16 bits per heavy atom. The van der Waals surface area contributed by atoms with Crippen molar-refractivity contribution in [1.82, 2.24) is 15.1 Å². The van der Waals surface area contributed by atoms with Crippen LogP contribution < -0.4 is 5.32 Å². The summed E-state index contributed by atoms with van der Waals surface area (Å²) < 4.78 is 1.70. The minimum absolute atomic E-state index is 0.415. The van der Waals surface area contributed by atoms with Crippen LogP contribution in [0.2, 0.25) is 15.1 Å². The SMILES string of the molecule is CC(C)NCc1ccn(-c2cc(Cl)c(Cl)cc2Cl)n1. The van der Waals surface area contributed by atoms with E-state index in [0.717, 1.165) is 5.69 Å². The molecule has 2 rings (SSSR count). The molecule has 0 aliphatic rings. The maximum absolute atomic E-state index is 6.15. The monoisotopic (exact) mass is 317 g/mol. The quantitative estimate of drug-likeness (QED) is 0.850. The van der Waals surface area contributed by atoms with Gasteiger partial charge in [0.05, 0.1) is 26.4 Å². The number of benzene rings is 1. The van der Waals surface area contributed by atoms with E-state index < -0.39 is 0 Å². The van der Waals surface area contributed by atoms with Crippen molar-refractivity contribution in [1.29, 1.82) is 0 Å². The molecule has 19 heavy (non-hydrogen) atoms. The third-order valence-corrected chi connectivity index (χ3v) is 3.60. The molecule has 0 atom stereocenters. The summed E-state index contributed by atoms with van der Waals surface area (Å²) in [6, 6.07) is 5.68. The van der Waals surface area contributed by atoms with Crippen LogP contribution in [0.3, 0.4) is 0 Å². The Hall–Kier alpha value is -0.740. The predicted molar refractivity (Wildman–Crippen MR) is 80.6 cm³/mol. The van der Waals surface area contributed by atoms with Gasteiger partial charge < -0.3 is 5.32 Å². The molecular formula is C13H14Cl3N3. The van der Waals surface area contributed by atoms with Gasteiger partial charge in [-0.1, -0.05) is 48.7 Å². The van der Waals surface area contributed by atoms with E-state index in [1.807, 2.05) is 12.3 Å². The van der Waals surface area contributed by atoms with Crippen LogP contribution in [0.25, 0.3) is 5.69 Å². The molecule has 0 saturated heterocycles. The molecule has 0 saturated carbocycles. The van der Waals surface area contributed by atoms with E-state index >= 15 is 0 Å². The lowest BCUT2D eigenvalue weighted by Crippen LogP contribution is -2.22. The van der Waals surface area contributed by atoms with E-state index in [2.05, 4.69) is 24.3 Å². The molecule has 0 aliphatic carbocycles. The van der Waals surface area contributed by atoms with Gasteiger partial charge in [0.2, 0.25) is 0 Å². The Morgan fingerprint density at radius 2 is 1.84 bits per heavy atom. The zero-order valence-corrected chi connectivity index (χ0v) is 12.9. The Kier molecular flexibility index (Phi) is 4.74. The lowest BCUT2D eigenvalue weighted by molar-refractivity contribution is 0.578. The van der Waals surface area contributed by atoms with E-state index in [0.29, 0.717) is 33.3 Å². The minimum atomic E-state index is 0.415. The second-order valence-electron chi connectivity index (χ2n) is 4.50. The van der Waals surface area contributed by atoms with Crippen molar-refractivity contribution in [2.24, 2.45) is 0 Å². The standard InChI is InChI=1S/C13H14Cl3N3/c1-8(2)17-7-9-3-4-19(18-9)13-6-11(15)10(14)5-12(13)16/h3-6,8,17H,7H2,1-2H3. The van der Waals surface area contributed by atoms with Crippen molar-refractivity contribution in [2.45, 2.75) is 26.4 Å². The topological polar surface area (TPSA) is 29.9 Å². The zero-order valence-electron chi connectivity index (χ0n) is 10.6. The molecule has 102 valence electrons. The van der Waals surface area contributed by atoms with Crippen LogP contribution in [0.1, 0.15) is 19.5 Å². The summed E-state index contributed by atoms with van der Waals surface area (Å²) in [5, 5.41) is 9.16. The molecule has 0 fully saturated rings. The van der Waals surface area contributed by atoms with Crippen LogP contribution >= 0.6 is 34.8 Å². The zero-order chi connectivity index (χ0) is 14.0. The first kappa shape index (κ1) is 14.7. The molecule has 6 heteroatoms. The summed E-state index contributed by atoms with van der Waals surface area (Å²) in [4.78, 5) is 0. The molecule has 0 spiro atoms. The maximum atomic E-state index is 6.15. The number of hydrogen-bond donors (Lipinski definition) is 1. The number of nitrogens with one attached hydrogen (secondary N) is 1. The summed E-state index contributed by atoms with van der Waals surface area (Å²) in [6.45, 7) is 4.89. The highest BCUT2D eigenvalue weighted by atomic mass is 35.5. The van der Waals surface area contributed by atoms with Crippen LogP contribution in [0.5, 0.6) is 0 Å². The van der Waals surface area contributed by atoms with Crippen molar-refractivity contribution in [3.05, 3.63) is 45.2 Å². The second kappa shape index (κ2) is 6.14. The van der Waals surface area contributed by atoms with Crippen molar-refractivity contribution < 1.29 is 0 Å². The summed E-state index contributed by atoms with van der Waals surface area (Å²) >= 11 is 18.1. The van der Waals surface area contributed by atoms with E-state index in [1.54, 1.807) is 16.8 Å². The fraction of sp³-hybridized carbons (Fsp3) is 0.308. The average molecular weight is 319 g/mol. The fourth-order valence-electron chi connectivity index (χ4n) is 1.59. The van der Waals surface area contributed by atoms with E-state index in [4.69, 9.17) is 34.8 Å². The van der Waals surface area contributed by atoms with Gasteiger partial charge >= 0.3 is 0 Å². The number of nitrogens with zero attached hydrogens (tertiary/aromatic N) is 2.